The summed E-state index contributed by atoms with van der Waals surface area (Å²) < 4.78 is 5.55. The third kappa shape index (κ3) is 2.98. The maximum absolute atomic E-state index is 11.7. The summed E-state index contributed by atoms with van der Waals surface area (Å²) in [5.74, 6) is 0.366. The van der Waals surface area contributed by atoms with Gasteiger partial charge in [-0.05, 0) is 19.8 Å². The molecule has 14 heavy (non-hydrogen) atoms. The molecule has 1 aliphatic rings. The van der Waals surface area contributed by atoms with Gasteiger partial charge in [0, 0.05) is 25.6 Å². The van der Waals surface area contributed by atoms with Crippen molar-refractivity contribution >= 4 is 5.91 Å². The van der Waals surface area contributed by atoms with E-state index in [-0.39, 0.29) is 17.9 Å². The first kappa shape index (κ1) is 11.5. The third-order valence-electron chi connectivity index (χ3n) is 2.59. The van der Waals surface area contributed by atoms with E-state index in [0.29, 0.717) is 0 Å². The number of rotatable bonds is 3. The molecule has 1 amide bonds. The molecule has 0 aromatic rings. The minimum atomic E-state index is 0.107. The van der Waals surface area contributed by atoms with Crippen molar-refractivity contribution in [1.29, 1.82) is 0 Å². The number of piperidine rings is 1. The van der Waals surface area contributed by atoms with Crippen molar-refractivity contribution in [2.45, 2.75) is 39.7 Å². The van der Waals surface area contributed by atoms with Crippen LogP contribution in [0.3, 0.4) is 0 Å². The van der Waals surface area contributed by atoms with Crippen molar-refractivity contribution in [1.82, 2.24) is 4.90 Å². The second-order valence-corrected chi connectivity index (χ2v) is 4.16. The van der Waals surface area contributed by atoms with Crippen molar-refractivity contribution in [2.24, 2.45) is 5.92 Å². The highest BCUT2D eigenvalue weighted by Gasteiger charge is 2.24. The van der Waals surface area contributed by atoms with Gasteiger partial charge in [-0.1, -0.05) is 13.8 Å². The Kier molecular flexibility index (Phi) is 4.39. The first-order chi connectivity index (χ1) is 6.65. The van der Waals surface area contributed by atoms with Gasteiger partial charge < -0.3 is 9.64 Å². The van der Waals surface area contributed by atoms with Crippen molar-refractivity contribution in [3.63, 3.8) is 0 Å². The molecular formula is C11H21NO2. The van der Waals surface area contributed by atoms with Crippen LogP contribution in [0.2, 0.25) is 0 Å². The molecule has 1 rings (SSSR count). The van der Waals surface area contributed by atoms with E-state index in [1.807, 2.05) is 25.7 Å². The molecule has 0 aromatic carbocycles. The lowest BCUT2D eigenvalue weighted by atomic mass is 10.1. The number of ether oxygens (including phenoxy) is 1. The first-order valence-electron chi connectivity index (χ1n) is 5.55. The molecular weight excluding hydrogens is 178 g/mol. The molecule has 0 radical (unpaired) electrons. The Labute approximate surface area is 86.4 Å². The van der Waals surface area contributed by atoms with Gasteiger partial charge in [0.2, 0.25) is 5.91 Å². The highest BCUT2D eigenvalue weighted by Crippen LogP contribution is 2.15. The van der Waals surface area contributed by atoms with E-state index in [0.717, 1.165) is 32.5 Å². The molecule has 1 unspecified atom stereocenters. The summed E-state index contributed by atoms with van der Waals surface area (Å²) in [5, 5.41) is 0. The van der Waals surface area contributed by atoms with Crippen LogP contribution in [0.15, 0.2) is 0 Å². The van der Waals surface area contributed by atoms with Gasteiger partial charge in [0.15, 0.2) is 0 Å². The molecule has 0 spiro atoms. The van der Waals surface area contributed by atoms with E-state index in [4.69, 9.17) is 4.74 Å². The number of carbonyl (C=O) groups excluding carboxylic acids is 1. The summed E-state index contributed by atoms with van der Waals surface area (Å²) in [5.41, 5.74) is 0. The van der Waals surface area contributed by atoms with Gasteiger partial charge in [-0.15, -0.1) is 0 Å². The largest absolute Gasteiger partial charge is 0.377 e. The molecule has 3 heteroatoms. The fourth-order valence-corrected chi connectivity index (χ4v) is 1.88. The molecule has 1 heterocycles. The summed E-state index contributed by atoms with van der Waals surface area (Å²) in [6.45, 7) is 8.34. The SMILES string of the molecule is CCOC1CCCN(C(=O)C(C)C)C1. The van der Waals surface area contributed by atoms with Crippen molar-refractivity contribution in [3.05, 3.63) is 0 Å². The minimum Gasteiger partial charge on any atom is -0.377 e. The molecule has 0 bridgehead atoms. The molecule has 1 aliphatic heterocycles. The molecule has 3 nitrogen and oxygen atoms in total. The van der Waals surface area contributed by atoms with Gasteiger partial charge >= 0.3 is 0 Å². The number of likely N-dealkylation sites (tertiary alicyclic amines) is 1. The average molecular weight is 199 g/mol. The fraction of sp³-hybridized carbons (Fsp3) is 0.909. The Bertz CT molecular complexity index is 190. The molecule has 82 valence electrons. The lowest BCUT2D eigenvalue weighted by molar-refractivity contribution is -0.138. The van der Waals surface area contributed by atoms with Gasteiger partial charge in [-0.25, -0.2) is 0 Å². The highest BCUT2D eigenvalue weighted by molar-refractivity contribution is 5.78. The molecule has 0 N–H and O–H groups in total. The van der Waals surface area contributed by atoms with Crippen LogP contribution in [0.5, 0.6) is 0 Å². The maximum atomic E-state index is 11.7. The van der Waals surface area contributed by atoms with E-state index >= 15 is 0 Å². The van der Waals surface area contributed by atoms with Gasteiger partial charge in [-0.3, -0.25) is 4.79 Å². The predicted octanol–water partition coefficient (Wildman–Crippen LogP) is 1.67. The smallest absolute Gasteiger partial charge is 0.225 e. The van der Waals surface area contributed by atoms with Crippen LogP contribution in [-0.2, 0) is 9.53 Å². The van der Waals surface area contributed by atoms with E-state index in [1.165, 1.54) is 0 Å². The maximum Gasteiger partial charge on any atom is 0.225 e. The zero-order chi connectivity index (χ0) is 10.6. The number of hydrogen-bond donors (Lipinski definition) is 0. The quantitative estimate of drug-likeness (QED) is 0.692. The second-order valence-electron chi connectivity index (χ2n) is 4.16. The predicted molar refractivity (Wildman–Crippen MR) is 56.1 cm³/mol. The summed E-state index contributed by atoms with van der Waals surface area (Å²) in [4.78, 5) is 13.7. The van der Waals surface area contributed by atoms with Crippen LogP contribution in [0.4, 0.5) is 0 Å². The molecule has 1 fully saturated rings. The minimum absolute atomic E-state index is 0.107. The number of hydrogen-bond acceptors (Lipinski definition) is 2. The van der Waals surface area contributed by atoms with Crippen LogP contribution in [0.1, 0.15) is 33.6 Å². The zero-order valence-electron chi connectivity index (χ0n) is 9.45. The Balaban J connectivity index is 2.43. The Morgan fingerprint density at radius 3 is 2.86 bits per heavy atom. The normalized spacial score (nSPS) is 22.9. The Morgan fingerprint density at radius 2 is 2.29 bits per heavy atom. The van der Waals surface area contributed by atoms with Crippen LogP contribution in [0, 0.1) is 5.92 Å². The topological polar surface area (TPSA) is 29.5 Å². The van der Waals surface area contributed by atoms with E-state index in [1.54, 1.807) is 0 Å². The average Bonchev–Trinajstić information content (AvgIpc) is 2.17. The summed E-state index contributed by atoms with van der Waals surface area (Å²) >= 11 is 0. The van der Waals surface area contributed by atoms with Gasteiger partial charge in [-0.2, -0.15) is 0 Å². The number of nitrogens with zero attached hydrogens (tertiary/aromatic N) is 1. The van der Waals surface area contributed by atoms with Gasteiger partial charge in [0.1, 0.15) is 0 Å². The lowest BCUT2D eigenvalue weighted by Crippen LogP contribution is -2.44. The van der Waals surface area contributed by atoms with Gasteiger partial charge in [0.25, 0.3) is 0 Å². The Morgan fingerprint density at radius 1 is 1.57 bits per heavy atom. The van der Waals surface area contributed by atoms with Crippen LogP contribution < -0.4 is 0 Å². The summed E-state index contributed by atoms with van der Waals surface area (Å²) in [6, 6.07) is 0. The molecule has 0 aliphatic carbocycles. The van der Waals surface area contributed by atoms with E-state index < -0.39 is 0 Å². The monoisotopic (exact) mass is 199 g/mol. The lowest BCUT2D eigenvalue weighted by Gasteiger charge is -2.33. The van der Waals surface area contributed by atoms with Crippen LogP contribution in [-0.4, -0.2) is 36.6 Å². The van der Waals surface area contributed by atoms with E-state index in [2.05, 4.69) is 0 Å². The van der Waals surface area contributed by atoms with Crippen molar-refractivity contribution < 1.29 is 9.53 Å². The molecule has 0 saturated carbocycles. The van der Waals surface area contributed by atoms with E-state index in [9.17, 15) is 4.79 Å². The summed E-state index contributed by atoms with van der Waals surface area (Å²) in [7, 11) is 0. The number of carbonyl (C=O) groups is 1. The fourth-order valence-electron chi connectivity index (χ4n) is 1.88. The molecule has 1 saturated heterocycles. The standard InChI is InChI=1S/C11H21NO2/c1-4-14-10-6-5-7-12(8-10)11(13)9(2)3/h9-10H,4-8H2,1-3H3. The summed E-state index contributed by atoms with van der Waals surface area (Å²) in [6.07, 6.45) is 2.43. The molecule has 0 aromatic heterocycles. The van der Waals surface area contributed by atoms with Crippen LogP contribution >= 0.6 is 0 Å². The highest BCUT2D eigenvalue weighted by atomic mass is 16.5. The van der Waals surface area contributed by atoms with Crippen molar-refractivity contribution in [2.75, 3.05) is 19.7 Å². The third-order valence-corrected chi connectivity index (χ3v) is 2.59. The van der Waals surface area contributed by atoms with Crippen LogP contribution in [0.25, 0.3) is 0 Å². The first-order valence-corrected chi connectivity index (χ1v) is 5.55. The Hall–Kier alpha value is -0.570. The molecule has 1 atom stereocenters. The zero-order valence-corrected chi connectivity index (χ0v) is 9.45. The number of amides is 1. The van der Waals surface area contributed by atoms with Gasteiger partial charge in [0.05, 0.1) is 6.10 Å². The second kappa shape index (κ2) is 5.35. The van der Waals surface area contributed by atoms with Crippen molar-refractivity contribution in [3.8, 4) is 0 Å².